The molecule has 0 N–H and O–H groups in total. The van der Waals surface area contributed by atoms with Crippen molar-refractivity contribution in [1.82, 2.24) is 0 Å². The highest BCUT2D eigenvalue weighted by molar-refractivity contribution is 5.63. The smallest absolute Gasteiger partial charge is 0.437 e. The van der Waals surface area contributed by atoms with Gasteiger partial charge in [-0.3, -0.25) is 0 Å². The number of rotatable bonds is 1. The van der Waals surface area contributed by atoms with Crippen LogP contribution in [0.1, 0.15) is 5.56 Å². The molecule has 0 saturated heterocycles. The monoisotopic (exact) mass is 256 g/mol. The van der Waals surface area contributed by atoms with Gasteiger partial charge in [-0.05, 0) is 12.1 Å². The highest BCUT2D eigenvalue weighted by Crippen LogP contribution is 2.33. The average molecular weight is 256 g/mol. The number of carbonyl (C=O) groups excluding carboxylic acids is 1. The van der Waals surface area contributed by atoms with Gasteiger partial charge in [0, 0.05) is 0 Å². The Balaban J connectivity index is 3.15. The molecule has 0 unspecified atom stereocenters. The van der Waals surface area contributed by atoms with Gasteiger partial charge in [-0.1, -0.05) is 0 Å². The van der Waals surface area contributed by atoms with Gasteiger partial charge in [-0.2, -0.15) is 13.2 Å². The highest BCUT2D eigenvalue weighted by atomic mass is 19.4. The molecule has 0 saturated carbocycles. The van der Waals surface area contributed by atoms with Crippen molar-refractivity contribution in [3.05, 3.63) is 29.3 Å². The van der Waals surface area contributed by atoms with Crippen LogP contribution < -0.4 is 4.74 Å². The molecule has 1 aromatic rings. The van der Waals surface area contributed by atoms with Crippen molar-refractivity contribution >= 4 is 6.16 Å². The van der Waals surface area contributed by atoms with Crippen LogP contribution in [0.15, 0.2) is 12.1 Å². The van der Waals surface area contributed by atoms with E-state index in [1.165, 1.54) is 0 Å². The standard InChI is InChI=1S/C9H5F5O3/c1-16-8(15)17-7-5(10)2-4(3-6(7)11)9(12,13)14/h2-3H,1H3. The van der Waals surface area contributed by atoms with Gasteiger partial charge in [0.2, 0.25) is 5.75 Å². The largest absolute Gasteiger partial charge is 0.513 e. The van der Waals surface area contributed by atoms with Gasteiger partial charge < -0.3 is 9.47 Å². The van der Waals surface area contributed by atoms with Crippen molar-refractivity contribution in [3.63, 3.8) is 0 Å². The lowest BCUT2D eigenvalue weighted by atomic mass is 10.2. The van der Waals surface area contributed by atoms with E-state index in [1.807, 2.05) is 0 Å². The van der Waals surface area contributed by atoms with E-state index in [4.69, 9.17) is 0 Å². The van der Waals surface area contributed by atoms with Gasteiger partial charge in [0.1, 0.15) is 0 Å². The molecular weight excluding hydrogens is 251 g/mol. The molecule has 0 heterocycles. The van der Waals surface area contributed by atoms with E-state index in [2.05, 4.69) is 9.47 Å². The first-order valence-corrected chi connectivity index (χ1v) is 4.07. The summed E-state index contributed by atoms with van der Waals surface area (Å²) < 4.78 is 70.5. The minimum atomic E-state index is -4.90. The molecule has 94 valence electrons. The summed E-state index contributed by atoms with van der Waals surface area (Å²) >= 11 is 0. The highest BCUT2D eigenvalue weighted by Gasteiger charge is 2.33. The third-order valence-corrected chi connectivity index (χ3v) is 1.68. The van der Waals surface area contributed by atoms with Crippen LogP contribution in [0.5, 0.6) is 5.75 Å². The SMILES string of the molecule is COC(=O)Oc1c(F)cc(C(F)(F)F)cc1F. The lowest BCUT2D eigenvalue weighted by Crippen LogP contribution is -2.12. The first-order valence-electron chi connectivity index (χ1n) is 4.07. The van der Waals surface area contributed by atoms with Crippen LogP contribution in [-0.2, 0) is 10.9 Å². The summed E-state index contributed by atoms with van der Waals surface area (Å²) in [6, 6.07) is 0.0305. The lowest BCUT2D eigenvalue weighted by molar-refractivity contribution is -0.138. The third-order valence-electron chi connectivity index (χ3n) is 1.68. The summed E-state index contributed by atoms with van der Waals surface area (Å²) in [5.41, 5.74) is -1.52. The fourth-order valence-corrected chi connectivity index (χ4v) is 0.946. The number of hydrogen-bond donors (Lipinski definition) is 0. The van der Waals surface area contributed by atoms with Gasteiger partial charge in [0.25, 0.3) is 0 Å². The Bertz CT molecular complexity index is 418. The molecule has 0 aliphatic carbocycles. The minimum absolute atomic E-state index is 0.0152. The van der Waals surface area contributed by atoms with E-state index < -0.39 is 35.3 Å². The molecule has 1 aromatic carbocycles. The fraction of sp³-hybridized carbons (Fsp3) is 0.222. The second-order valence-corrected chi connectivity index (χ2v) is 2.82. The Morgan fingerprint density at radius 2 is 1.65 bits per heavy atom. The molecule has 0 atom stereocenters. The van der Waals surface area contributed by atoms with Crippen LogP contribution in [-0.4, -0.2) is 13.3 Å². The van der Waals surface area contributed by atoms with E-state index in [0.717, 1.165) is 7.11 Å². The maximum absolute atomic E-state index is 13.1. The summed E-state index contributed by atoms with van der Waals surface area (Å²) in [7, 11) is 0.877. The van der Waals surface area contributed by atoms with Gasteiger partial charge in [-0.25, -0.2) is 13.6 Å². The van der Waals surface area contributed by atoms with Crippen LogP contribution in [0.4, 0.5) is 26.7 Å². The number of benzene rings is 1. The first kappa shape index (κ1) is 13.2. The maximum Gasteiger partial charge on any atom is 0.513 e. The topological polar surface area (TPSA) is 35.5 Å². The Hall–Kier alpha value is -1.86. The van der Waals surface area contributed by atoms with Crippen molar-refractivity contribution in [3.8, 4) is 5.75 Å². The van der Waals surface area contributed by atoms with Crippen molar-refractivity contribution in [2.75, 3.05) is 7.11 Å². The van der Waals surface area contributed by atoms with Crippen LogP contribution in [0.2, 0.25) is 0 Å². The first-order chi connectivity index (χ1) is 7.75. The van der Waals surface area contributed by atoms with Crippen molar-refractivity contribution < 1.29 is 36.2 Å². The second kappa shape index (κ2) is 4.56. The molecule has 8 heteroatoms. The van der Waals surface area contributed by atoms with Gasteiger partial charge in [0.15, 0.2) is 11.6 Å². The Labute approximate surface area is 91.7 Å². The normalized spacial score (nSPS) is 11.2. The number of carbonyl (C=O) groups is 1. The minimum Gasteiger partial charge on any atom is -0.437 e. The van der Waals surface area contributed by atoms with Crippen molar-refractivity contribution in [2.45, 2.75) is 6.18 Å². The van der Waals surface area contributed by atoms with E-state index in [-0.39, 0.29) is 12.1 Å². The summed E-state index contributed by atoms with van der Waals surface area (Å²) in [4.78, 5) is 10.6. The second-order valence-electron chi connectivity index (χ2n) is 2.82. The van der Waals surface area contributed by atoms with E-state index in [0.29, 0.717) is 0 Å². The molecule has 3 nitrogen and oxygen atoms in total. The summed E-state index contributed by atoms with van der Waals surface area (Å²) in [5, 5.41) is 0. The van der Waals surface area contributed by atoms with Crippen LogP contribution in [0.25, 0.3) is 0 Å². The van der Waals surface area contributed by atoms with Crippen molar-refractivity contribution in [2.24, 2.45) is 0 Å². The van der Waals surface area contributed by atoms with E-state index in [9.17, 15) is 26.7 Å². The van der Waals surface area contributed by atoms with Crippen LogP contribution in [0.3, 0.4) is 0 Å². The number of hydrogen-bond acceptors (Lipinski definition) is 3. The Morgan fingerprint density at radius 1 is 1.18 bits per heavy atom. The number of ether oxygens (including phenoxy) is 2. The zero-order valence-electron chi connectivity index (χ0n) is 8.27. The van der Waals surface area contributed by atoms with Gasteiger partial charge >= 0.3 is 12.3 Å². The molecule has 0 aliphatic rings. The lowest BCUT2D eigenvalue weighted by Gasteiger charge is -2.10. The van der Waals surface area contributed by atoms with Crippen LogP contribution in [0, 0.1) is 11.6 Å². The molecule has 0 spiro atoms. The molecular formula is C9H5F5O3. The molecule has 0 bridgehead atoms. The molecule has 1 rings (SSSR count). The number of methoxy groups -OCH3 is 1. The van der Waals surface area contributed by atoms with E-state index >= 15 is 0 Å². The number of alkyl halides is 3. The predicted octanol–water partition coefficient (Wildman–Crippen LogP) is 3.13. The zero-order chi connectivity index (χ0) is 13.2. The summed E-state index contributed by atoms with van der Waals surface area (Å²) in [6.45, 7) is 0. The molecule has 0 aromatic heterocycles. The Morgan fingerprint density at radius 3 is 2.00 bits per heavy atom. The molecule has 17 heavy (non-hydrogen) atoms. The zero-order valence-corrected chi connectivity index (χ0v) is 8.27. The Kier molecular flexibility index (Phi) is 3.54. The number of halogens is 5. The third kappa shape index (κ3) is 3.05. The van der Waals surface area contributed by atoms with Crippen molar-refractivity contribution in [1.29, 1.82) is 0 Å². The van der Waals surface area contributed by atoms with Gasteiger partial charge in [0.05, 0.1) is 12.7 Å². The van der Waals surface area contributed by atoms with E-state index in [1.54, 1.807) is 0 Å². The van der Waals surface area contributed by atoms with Gasteiger partial charge in [-0.15, -0.1) is 0 Å². The summed E-state index contributed by atoms with van der Waals surface area (Å²) in [5.74, 6) is -4.55. The quantitative estimate of drug-likeness (QED) is 0.440. The maximum atomic E-state index is 13.1. The molecule has 0 amide bonds. The molecule has 0 radical (unpaired) electrons. The fourth-order valence-electron chi connectivity index (χ4n) is 0.946. The predicted molar refractivity (Wildman–Crippen MR) is 44.4 cm³/mol. The summed E-state index contributed by atoms with van der Waals surface area (Å²) in [6.07, 6.45) is -6.34. The molecule has 0 aliphatic heterocycles. The average Bonchev–Trinajstić information content (AvgIpc) is 2.21. The van der Waals surface area contributed by atoms with Crippen LogP contribution >= 0.6 is 0 Å². The molecule has 0 fully saturated rings.